The highest BCUT2D eigenvalue weighted by Crippen LogP contribution is 1.96. The maximum Gasteiger partial charge on any atom is 0.324 e. The van der Waals surface area contributed by atoms with Crippen LogP contribution < -0.4 is 27.4 Å². The second-order valence-corrected chi connectivity index (χ2v) is 2.21. The van der Waals surface area contributed by atoms with Crippen molar-refractivity contribution in [3.63, 3.8) is 0 Å². The van der Waals surface area contributed by atoms with Crippen molar-refractivity contribution in [1.82, 2.24) is 16.0 Å². The van der Waals surface area contributed by atoms with E-state index < -0.39 is 23.8 Å². The van der Waals surface area contributed by atoms with Crippen LogP contribution >= 0.6 is 0 Å². The second kappa shape index (κ2) is 2.34. The van der Waals surface area contributed by atoms with Crippen molar-refractivity contribution >= 4 is 18.0 Å². The number of nitrogens with one attached hydrogen (secondary N) is 3. The molecule has 0 bridgehead atoms. The van der Waals surface area contributed by atoms with Gasteiger partial charge >= 0.3 is 12.1 Å². The van der Waals surface area contributed by atoms with E-state index in [2.05, 4.69) is 0 Å². The smallest absolute Gasteiger partial charge is 0.324 e. The minimum atomic E-state index is -1.93. The fourth-order valence-corrected chi connectivity index (χ4v) is 0.751. The van der Waals surface area contributed by atoms with Crippen molar-refractivity contribution in [2.45, 2.75) is 5.79 Å². The van der Waals surface area contributed by atoms with E-state index in [9.17, 15) is 14.4 Å². The summed E-state index contributed by atoms with van der Waals surface area (Å²) >= 11 is 0. The average molecular weight is 173 g/mol. The molecule has 7 N–H and O–H groups in total. The fraction of sp³-hybridized carbons (Fsp3) is 0.250. The van der Waals surface area contributed by atoms with Gasteiger partial charge < -0.3 is 5.73 Å². The zero-order valence-corrected chi connectivity index (χ0v) is 5.88. The predicted octanol–water partition coefficient (Wildman–Crippen LogP) is -2.89. The van der Waals surface area contributed by atoms with E-state index in [1.54, 1.807) is 0 Å². The summed E-state index contributed by atoms with van der Waals surface area (Å²) in [6, 6.07) is -1.79. The lowest BCUT2D eigenvalue weighted by molar-refractivity contribution is -0.124. The largest absolute Gasteiger partial charge is 0.352 e. The standard InChI is InChI=1S/C4H7N5O3/c5-2(11)8-4(6)1(10)7-3(12)9-4/h6H2,(H3,5,8,11)(H2,7,9,10,12). The number of amides is 5. The van der Waals surface area contributed by atoms with Crippen LogP contribution in [0.4, 0.5) is 9.59 Å². The van der Waals surface area contributed by atoms with Gasteiger partial charge in [0.2, 0.25) is 0 Å². The van der Waals surface area contributed by atoms with Crippen LogP contribution in [0.1, 0.15) is 0 Å². The van der Waals surface area contributed by atoms with E-state index >= 15 is 0 Å². The molecule has 0 aromatic carbocycles. The molecule has 0 spiro atoms. The number of primary amides is 1. The highest BCUT2D eigenvalue weighted by molar-refractivity contribution is 6.07. The molecule has 12 heavy (non-hydrogen) atoms. The molecule has 5 amide bonds. The molecule has 66 valence electrons. The number of imide groups is 1. The Balaban J connectivity index is 2.77. The molecule has 0 aliphatic carbocycles. The molecule has 1 saturated heterocycles. The Kier molecular flexibility index (Phi) is 1.61. The molecule has 1 atom stereocenters. The molecular formula is C4H7N5O3. The number of nitrogens with two attached hydrogens (primary N) is 2. The summed E-state index contributed by atoms with van der Waals surface area (Å²) in [5.74, 6) is -2.78. The van der Waals surface area contributed by atoms with E-state index in [-0.39, 0.29) is 0 Å². The Morgan fingerprint density at radius 1 is 1.50 bits per heavy atom. The van der Waals surface area contributed by atoms with Crippen molar-refractivity contribution < 1.29 is 14.4 Å². The summed E-state index contributed by atoms with van der Waals surface area (Å²) in [5.41, 5.74) is 9.94. The Hall–Kier alpha value is -1.83. The van der Waals surface area contributed by atoms with E-state index in [1.165, 1.54) is 0 Å². The van der Waals surface area contributed by atoms with E-state index in [1.807, 2.05) is 16.0 Å². The minimum Gasteiger partial charge on any atom is -0.352 e. The molecule has 0 saturated carbocycles. The van der Waals surface area contributed by atoms with Crippen LogP contribution in [0.15, 0.2) is 0 Å². The average Bonchev–Trinajstić information content (AvgIpc) is 2.04. The Morgan fingerprint density at radius 2 is 2.08 bits per heavy atom. The van der Waals surface area contributed by atoms with Crippen molar-refractivity contribution in [2.75, 3.05) is 0 Å². The number of hydrogen-bond acceptors (Lipinski definition) is 4. The van der Waals surface area contributed by atoms with Crippen LogP contribution in [0.25, 0.3) is 0 Å². The van der Waals surface area contributed by atoms with Crippen LogP contribution in [0.3, 0.4) is 0 Å². The van der Waals surface area contributed by atoms with Gasteiger partial charge in [0.25, 0.3) is 11.7 Å². The Bertz CT molecular complexity index is 263. The molecule has 0 radical (unpaired) electrons. The van der Waals surface area contributed by atoms with Crippen LogP contribution in [-0.2, 0) is 4.79 Å². The van der Waals surface area contributed by atoms with E-state index in [0.717, 1.165) is 0 Å². The first-order valence-electron chi connectivity index (χ1n) is 2.94. The lowest BCUT2D eigenvalue weighted by Crippen LogP contribution is -2.68. The van der Waals surface area contributed by atoms with Gasteiger partial charge in [0.15, 0.2) is 0 Å². The van der Waals surface area contributed by atoms with Gasteiger partial charge in [-0.1, -0.05) is 0 Å². The van der Waals surface area contributed by atoms with Gasteiger partial charge in [-0.15, -0.1) is 0 Å². The molecular weight excluding hydrogens is 166 g/mol. The topological polar surface area (TPSA) is 139 Å². The molecule has 1 fully saturated rings. The number of urea groups is 2. The van der Waals surface area contributed by atoms with Crippen LogP contribution in [0, 0.1) is 0 Å². The van der Waals surface area contributed by atoms with E-state index in [0.29, 0.717) is 0 Å². The number of rotatable bonds is 1. The zero-order chi connectivity index (χ0) is 9.35. The molecule has 8 nitrogen and oxygen atoms in total. The van der Waals surface area contributed by atoms with Crippen molar-refractivity contribution in [3.05, 3.63) is 0 Å². The van der Waals surface area contributed by atoms with Gasteiger partial charge in [0.1, 0.15) is 0 Å². The Morgan fingerprint density at radius 3 is 2.42 bits per heavy atom. The van der Waals surface area contributed by atoms with Crippen molar-refractivity contribution in [3.8, 4) is 0 Å². The zero-order valence-electron chi connectivity index (χ0n) is 5.88. The van der Waals surface area contributed by atoms with Gasteiger partial charge in [-0.3, -0.25) is 26.5 Å². The molecule has 1 heterocycles. The normalized spacial score (nSPS) is 27.8. The lowest BCUT2D eigenvalue weighted by Gasteiger charge is -2.19. The number of carbonyl (C=O) groups is 3. The SMILES string of the molecule is NC(=O)NC1(N)NC(=O)NC1=O. The van der Waals surface area contributed by atoms with Gasteiger partial charge in [-0.2, -0.15) is 0 Å². The molecule has 1 unspecified atom stereocenters. The predicted molar refractivity (Wildman–Crippen MR) is 36.3 cm³/mol. The van der Waals surface area contributed by atoms with Crippen molar-refractivity contribution in [1.29, 1.82) is 0 Å². The van der Waals surface area contributed by atoms with Gasteiger partial charge in [0.05, 0.1) is 0 Å². The first-order chi connectivity index (χ1) is 5.44. The molecule has 1 rings (SSSR count). The number of carbonyl (C=O) groups excluding carboxylic acids is 3. The minimum absolute atomic E-state index is 0.781. The summed E-state index contributed by atoms with van der Waals surface area (Å²) in [6.07, 6.45) is 0. The summed E-state index contributed by atoms with van der Waals surface area (Å²) in [7, 11) is 0. The molecule has 1 aliphatic rings. The van der Waals surface area contributed by atoms with Gasteiger partial charge in [-0.25, -0.2) is 9.59 Å². The second-order valence-electron chi connectivity index (χ2n) is 2.21. The molecule has 0 aromatic rings. The third kappa shape index (κ3) is 1.27. The first kappa shape index (κ1) is 8.27. The van der Waals surface area contributed by atoms with Crippen LogP contribution in [0.2, 0.25) is 0 Å². The van der Waals surface area contributed by atoms with Gasteiger partial charge in [0, 0.05) is 0 Å². The quantitative estimate of drug-likeness (QED) is 0.214. The molecule has 8 heteroatoms. The number of hydrogen-bond donors (Lipinski definition) is 5. The first-order valence-corrected chi connectivity index (χ1v) is 2.94. The Labute approximate surface area is 66.6 Å². The third-order valence-corrected chi connectivity index (χ3v) is 1.22. The summed E-state index contributed by atoms with van der Waals surface area (Å²) in [5, 5.41) is 5.68. The highest BCUT2D eigenvalue weighted by atomic mass is 16.2. The fourth-order valence-electron chi connectivity index (χ4n) is 0.751. The maximum absolute atomic E-state index is 10.9. The third-order valence-electron chi connectivity index (χ3n) is 1.22. The summed E-state index contributed by atoms with van der Waals surface area (Å²) in [4.78, 5) is 31.7. The monoisotopic (exact) mass is 173 g/mol. The highest BCUT2D eigenvalue weighted by Gasteiger charge is 2.43. The molecule has 0 aromatic heterocycles. The summed E-state index contributed by atoms with van der Waals surface area (Å²) in [6.45, 7) is 0. The van der Waals surface area contributed by atoms with Gasteiger partial charge in [-0.05, 0) is 0 Å². The van der Waals surface area contributed by atoms with Crippen molar-refractivity contribution in [2.24, 2.45) is 11.5 Å². The summed E-state index contributed by atoms with van der Waals surface area (Å²) < 4.78 is 0. The maximum atomic E-state index is 10.9. The van der Waals surface area contributed by atoms with Crippen LogP contribution in [0.5, 0.6) is 0 Å². The lowest BCUT2D eigenvalue weighted by atomic mass is 10.3. The molecule has 1 aliphatic heterocycles. The van der Waals surface area contributed by atoms with E-state index in [4.69, 9.17) is 11.5 Å². The van der Waals surface area contributed by atoms with Crippen LogP contribution in [-0.4, -0.2) is 23.8 Å².